The molecular weight excluding hydrogens is 378 g/mol. The molecule has 2 fully saturated rings. The second-order valence-corrected chi connectivity index (χ2v) is 7.68. The summed E-state index contributed by atoms with van der Waals surface area (Å²) in [4.78, 5) is 25.4. The average molecular weight is 409 g/mol. The van der Waals surface area contributed by atoms with Gasteiger partial charge in [0, 0.05) is 18.5 Å². The number of carbonyl (C=O) groups excluding carboxylic acids is 2. The van der Waals surface area contributed by atoms with Crippen LogP contribution in [0.4, 0.5) is 8.78 Å². The van der Waals surface area contributed by atoms with Crippen molar-refractivity contribution in [1.82, 2.24) is 10.2 Å². The fourth-order valence-electron chi connectivity index (χ4n) is 4.02. The topological polar surface area (TPSA) is 67.9 Å². The number of likely N-dealkylation sites (tertiary alicyclic amines) is 1. The maximum Gasteiger partial charge on any atom is 0.272 e. The number of hydrogen-bond donors (Lipinski definition) is 2. The molecule has 0 spiro atoms. The molecule has 0 aromatic carbocycles. The molecule has 1 unspecified atom stereocenters. The molecule has 1 aliphatic carbocycles. The van der Waals surface area contributed by atoms with Crippen molar-refractivity contribution in [2.24, 2.45) is 11.8 Å². The van der Waals surface area contributed by atoms with E-state index in [-0.39, 0.29) is 37.3 Å². The Morgan fingerprint density at radius 2 is 1.85 bits per heavy atom. The van der Waals surface area contributed by atoms with E-state index in [0.29, 0.717) is 19.8 Å². The van der Waals surface area contributed by atoms with E-state index in [1.54, 1.807) is 11.8 Å². The van der Waals surface area contributed by atoms with Crippen LogP contribution in [0, 0.1) is 11.8 Å². The van der Waals surface area contributed by atoms with Crippen molar-refractivity contribution in [2.45, 2.75) is 51.0 Å². The number of rotatable bonds is 9. The Morgan fingerprint density at radius 3 is 2.44 bits per heavy atom. The zero-order valence-electron chi connectivity index (χ0n) is 15.8. The maximum absolute atomic E-state index is 14.6. The highest BCUT2D eigenvalue weighted by atomic mass is 32.1. The van der Waals surface area contributed by atoms with Gasteiger partial charge in [0.05, 0.1) is 26.4 Å². The summed E-state index contributed by atoms with van der Waals surface area (Å²) in [6.45, 7) is 2.78. The molecule has 1 heterocycles. The van der Waals surface area contributed by atoms with Crippen LogP contribution >= 0.6 is 12.9 Å². The fraction of sp³-hybridized carbons (Fsp3) is 0.889. The third-order valence-corrected chi connectivity index (χ3v) is 5.78. The van der Waals surface area contributed by atoms with Crippen LogP contribution in [0.15, 0.2) is 0 Å². The van der Waals surface area contributed by atoms with E-state index in [4.69, 9.17) is 4.74 Å². The minimum absolute atomic E-state index is 0.0756. The predicted molar refractivity (Wildman–Crippen MR) is 99.8 cm³/mol. The highest BCUT2D eigenvalue weighted by molar-refractivity contribution is 7.75. The number of ether oxygens (including phenoxy) is 1. The van der Waals surface area contributed by atoms with Gasteiger partial charge in [0.25, 0.3) is 5.92 Å². The van der Waals surface area contributed by atoms with Crippen molar-refractivity contribution in [2.75, 3.05) is 39.5 Å². The van der Waals surface area contributed by atoms with Gasteiger partial charge in [-0.25, -0.2) is 8.78 Å². The van der Waals surface area contributed by atoms with Crippen LogP contribution in [0.1, 0.15) is 39.0 Å². The van der Waals surface area contributed by atoms with Gasteiger partial charge in [0.15, 0.2) is 0 Å². The first kappa shape index (κ1) is 22.5. The van der Waals surface area contributed by atoms with Gasteiger partial charge in [0.2, 0.25) is 5.91 Å². The Balaban J connectivity index is 1.76. The van der Waals surface area contributed by atoms with Crippen molar-refractivity contribution in [3.63, 3.8) is 0 Å². The molecule has 6 nitrogen and oxygen atoms in total. The number of alkyl halides is 2. The Hall–Kier alpha value is -0.770. The largest absolute Gasteiger partial charge is 0.377 e. The highest BCUT2D eigenvalue weighted by Gasteiger charge is 2.49. The number of piperidine rings is 1. The summed E-state index contributed by atoms with van der Waals surface area (Å²) in [6.07, 6.45) is 3.21. The van der Waals surface area contributed by atoms with Crippen molar-refractivity contribution in [1.29, 1.82) is 0 Å². The number of amides is 1. The number of Topliss-reactive ketones (excluding diaryl/α,β-unsaturated/α-hetero) is 1. The van der Waals surface area contributed by atoms with Gasteiger partial charge < -0.3 is 14.2 Å². The second kappa shape index (κ2) is 10.7. The van der Waals surface area contributed by atoms with E-state index in [2.05, 4.69) is 22.4 Å². The van der Waals surface area contributed by atoms with Crippen LogP contribution < -0.4 is 5.32 Å². The summed E-state index contributed by atoms with van der Waals surface area (Å²) in [5, 5.41) is 2.54. The molecule has 0 aromatic rings. The van der Waals surface area contributed by atoms with Gasteiger partial charge in [-0.1, -0.05) is 0 Å². The van der Waals surface area contributed by atoms with Gasteiger partial charge in [-0.15, -0.1) is 0 Å². The molecular formula is C18H30F2N2O4S. The first-order valence-corrected chi connectivity index (χ1v) is 9.95. The van der Waals surface area contributed by atoms with Crippen LogP contribution in [0.2, 0.25) is 0 Å². The van der Waals surface area contributed by atoms with Crippen molar-refractivity contribution in [3.8, 4) is 0 Å². The number of halogens is 2. The summed E-state index contributed by atoms with van der Waals surface area (Å²) in [6, 6.07) is 0.0814. The number of nitrogens with zero attached hydrogens (tertiary/aromatic N) is 1. The first-order chi connectivity index (χ1) is 12.8. The van der Waals surface area contributed by atoms with Gasteiger partial charge in [-0.05, 0) is 58.5 Å². The van der Waals surface area contributed by atoms with E-state index >= 15 is 0 Å². The fourth-order valence-corrected chi connectivity index (χ4v) is 4.09. The van der Waals surface area contributed by atoms with E-state index in [9.17, 15) is 18.4 Å². The molecule has 0 bridgehead atoms. The van der Waals surface area contributed by atoms with E-state index in [1.807, 2.05) is 0 Å². The molecule has 1 aliphatic heterocycles. The van der Waals surface area contributed by atoms with Crippen molar-refractivity contribution < 1.29 is 27.3 Å². The van der Waals surface area contributed by atoms with Gasteiger partial charge in [0.1, 0.15) is 11.7 Å². The molecule has 2 rings (SSSR count). The Morgan fingerprint density at radius 1 is 1.15 bits per heavy atom. The third-order valence-electron chi connectivity index (χ3n) is 5.60. The summed E-state index contributed by atoms with van der Waals surface area (Å²) >= 11 is 3.57. The Bertz CT molecular complexity index is 502. The van der Waals surface area contributed by atoms with Gasteiger partial charge in [-0.2, -0.15) is 0 Å². The first-order valence-electron chi connectivity index (χ1n) is 9.59. The zero-order chi connectivity index (χ0) is 19.9. The minimum atomic E-state index is -3.06. The van der Waals surface area contributed by atoms with Crippen LogP contribution in [-0.4, -0.2) is 68.0 Å². The summed E-state index contributed by atoms with van der Waals surface area (Å²) in [5.74, 6) is -4.71. The van der Waals surface area contributed by atoms with E-state index in [0.717, 1.165) is 25.7 Å². The lowest BCUT2D eigenvalue weighted by Gasteiger charge is -2.43. The van der Waals surface area contributed by atoms with Crippen LogP contribution in [-0.2, 0) is 18.5 Å². The quantitative estimate of drug-likeness (QED) is 0.347. The maximum atomic E-state index is 14.6. The molecule has 1 amide bonds. The smallest absolute Gasteiger partial charge is 0.272 e. The summed E-state index contributed by atoms with van der Waals surface area (Å²) < 4.78 is 38.9. The normalized spacial score (nSPS) is 28.7. The lowest BCUT2D eigenvalue weighted by Crippen LogP contribution is -2.56. The Labute approximate surface area is 164 Å². The third kappa shape index (κ3) is 6.66. The molecule has 1 atom stereocenters. The molecule has 0 aromatic heterocycles. The number of nitrogens with one attached hydrogen (secondary N) is 1. The number of hydrogen-bond acceptors (Lipinski definition) is 6. The standard InChI is InChI=1S/C18H30F2N2O4S/c1-13(23)14-2-4-15(5-3-14)22-8-6-16(18(19,20)12-22)17(24)21-7-9-25-10-11-26-27/h14-16,27H,2-12H2,1H3,(H,21,24). The molecule has 156 valence electrons. The molecule has 9 heteroatoms. The van der Waals surface area contributed by atoms with E-state index < -0.39 is 24.3 Å². The molecule has 0 radical (unpaired) electrons. The number of ketones is 1. The molecule has 2 aliphatic rings. The van der Waals surface area contributed by atoms with Gasteiger partial charge in [-0.3, -0.25) is 14.5 Å². The predicted octanol–water partition coefficient (Wildman–Crippen LogP) is 2.09. The Kier molecular flexibility index (Phi) is 8.91. The van der Waals surface area contributed by atoms with E-state index in [1.165, 1.54) is 0 Å². The average Bonchev–Trinajstić information content (AvgIpc) is 2.63. The number of thiol groups is 1. The van der Waals surface area contributed by atoms with Gasteiger partial charge >= 0.3 is 0 Å². The SMILES string of the molecule is CC(=O)C1CCC(N2CCC(C(=O)NCCOCCOS)C(F)(F)C2)CC1. The molecule has 1 saturated carbocycles. The number of carbonyl (C=O) groups is 2. The van der Waals surface area contributed by atoms with Crippen molar-refractivity contribution in [3.05, 3.63) is 0 Å². The van der Waals surface area contributed by atoms with Crippen LogP contribution in [0.3, 0.4) is 0 Å². The van der Waals surface area contributed by atoms with Crippen molar-refractivity contribution >= 4 is 24.6 Å². The van der Waals surface area contributed by atoms with Crippen LogP contribution in [0.25, 0.3) is 0 Å². The lowest BCUT2D eigenvalue weighted by atomic mass is 9.82. The summed E-state index contributed by atoms with van der Waals surface area (Å²) in [7, 11) is 0. The molecule has 27 heavy (non-hydrogen) atoms. The monoisotopic (exact) mass is 408 g/mol. The highest BCUT2D eigenvalue weighted by Crippen LogP contribution is 2.37. The zero-order valence-corrected chi connectivity index (χ0v) is 16.7. The van der Waals surface area contributed by atoms with Crippen LogP contribution in [0.5, 0.6) is 0 Å². The minimum Gasteiger partial charge on any atom is -0.377 e. The summed E-state index contributed by atoms with van der Waals surface area (Å²) in [5.41, 5.74) is 0. The second-order valence-electron chi connectivity index (χ2n) is 7.43. The lowest BCUT2D eigenvalue weighted by molar-refractivity contribution is -0.155. The molecule has 1 N–H and O–H groups in total. The molecule has 1 saturated heterocycles.